The van der Waals surface area contributed by atoms with Gasteiger partial charge in [-0.3, -0.25) is 14.1 Å². The van der Waals surface area contributed by atoms with Gasteiger partial charge in [0.25, 0.3) is 10.1 Å². The molecule has 0 rings (SSSR count). The van der Waals surface area contributed by atoms with Crippen LogP contribution in [0.2, 0.25) is 0 Å². The third-order valence-electron chi connectivity index (χ3n) is 4.08. The van der Waals surface area contributed by atoms with Crippen LogP contribution in [0.15, 0.2) is 0 Å². The topological polar surface area (TPSA) is 140 Å². The SMILES string of the molecule is CC(C)CCCC(=O)CCCC(=O)CCCC(C)(C)S(=O)(=O)O.O=S(=O)=O. The molecule has 0 fully saturated rings. The molecule has 8 nitrogen and oxygen atoms in total. The van der Waals surface area contributed by atoms with Crippen LogP contribution in [0, 0.1) is 5.92 Å². The van der Waals surface area contributed by atoms with Crippen molar-refractivity contribution in [2.75, 3.05) is 0 Å². The summed E-state index contributed by atoms with van der Waals surface area (Å²) in [7, 11) is -7.21. The molecule has 160 valence electrons. The van der Waals surface area contributed by atoms with Crippen LogP contribution in [-0.4, -0.2) is 41.9 Å². The maximum Gasteiger partial charge on any atom is 0.425 e. The molecule has 0 saturated heterocycles. The highest BCUT2D eigenvalue weighted by Gasteiger charge is 2.31. The molecular formula is C17H32O8S2. The first-order valence-corrected chi connectivity index (χ1v) is 11.4. The lowest BCUT2D eigenvalue weighted by Gasteiger charge is -2.20. The van der Waals surface area contributed by atoms with E-state index in [0.717, 1.165) is 12.8 Å². The molecule has 0 aromatic carbocycles. The molecule has 0 aliphatic carbocycles. The molecule has 0 aliphatic heterocycles. The van der Waals surface area contributed by atoms with E-state index in [1.165, 1.54) is 13.8 Å². The first kappa shape index (κ1) is 28.1. The highest BCUT2D eigenvalue weighted by molar-refractivity contribution is 7.87. The largest absolute Gasteiger partial charge is 0.425 e. The lowest BCUT2D eigenvalue weighted by atomic mass is 10.00. The van der Waals surface area contributed by atoms with Crippen molar-refractivity contribution >= 4 is 32.3 Å². The monoisotopic (exact) mass is 428 g/mol. The summed E-state index contributed by atoms with van der Waals surface area (Å²) in [6.07, 6.45) is 4.89. The van der Waals surface area contributed by atoms with Crippen molar-refractivity contribution in [3.05, 3.63) is 0 Å². The van der Waals surface area contributed by atoms with Crippen molar-refractivity contribution in [3.8, 4) is 0 Å². The van der Waals surface area contributed by atoms with Crippen molar-refractivity contribution in [2.45, 2.75) is 90.2 Å². The second-order valence-corrected chi connectivity index (χ2v) is 9.97. The number of rotatable bonds is 13. The Kier molecular flexibility index (Phi) is 14.5. The minimum absolute atomic E-state index is 0.0473. The van der Waals surface area contributed by atoms with Crippen LogP contribution in [0.1, 0.15) is 85.5 Å². The molecule has 1 N–H and O–H groups in total. The Hall–Kier alpha value is -1.13. The minimum Gasteiger partial charge on any atom is -0.300 e. The van der Waals surface area contributed by atoms with Crippen molar-refractivity contribution in [2.24, 2.45) is 5.92 Å². The lowest BCUT2D eigenvalue weighted by molar-refractivity contribution is -0.120. The Balaban J connectivity index is 0. The first-order chi connectivity index (χ1) is 12.2. The molecule has 0 bridgehead atoms. The summed E-state index contributed by atoms with van der Waals surface area (Å²) in [5, 5.41) is 0. The van der Waals surface area contributed by atoms with Gasteiger partial charge in [0.1, 0.15) is 11.6 Å². The summed E-state index contributed by atoms with van der Waals surface area (Å²) in [5.74, 6) is 0.869. The maximum atomic E-state index is 11.7. The standard InChI is InChI=1S/C17H32O5S.O3S/c1-14(2)8-5-9-15(18)10-6-11-16(19)12-7-13-17(3,4)23(20,21)22;1-4(2)3/h14H,5-13H2,1-4H3,(H,20,21,22);. The molecule has 0 aromatic heterocycles. The van der Waals surface area contributed by atoms with E-state index in [1.807, 2.05) is 0 Å². The summed E-state index contributed by atoms with van der Waals surface area (Å²) in [6, 6.07) is 0. The van der Waals surface area contributed by atoms with E-state index in [0.29, 0.717) is 44.4 Å². The van der Waals surface area contributed by atoms with Crippen molar-refractivity contribution in [3.63, 3.8) is 0 Å². The van der Waals surface area contributed by atoms with Crippen LogP contribution in [0.25, 0.3) is 0 Å². The molecule has 0 atom stereocenters. The van der Waals surface area contributed by atoms with Crippen molar-refractivity contribution in [1.29, 1.82) is 0 Å². The predicted octanol–water partition coefficient (Wildman–Crippen LogP) is 2.95. The predicted molar refractivity (Wildman–Crippen MR) is 102 cm³/mol. The van der Waals surface area contributed by atoms with Gasteiger partial charge in [-0.2, -0.15) is 8.42 Å². The summed E-state index contributed by atoms with van der Waals surface area (Å²) < 4.78 is 55.5. The van der Waals surface area contributed by atoms with Gasteiger partial charge < -0.3 is 0 Å². The van der Waals surface area contributed by atoms with Crippen LogP contribution in [-0.2, 0) is 30.3 Å². The normalized spacial score (nSPS) is 11.6. The minimum atomic E-state index is -4.10. The third-order valence-corrected chi connectivity index (χ3v) is 5.68. The zero-order chi connectivity index (χ0) is 21.7. The number of hydrogen-bond donors (Lipinski definition) is 1. The van der Waals surface area contributed by atoms with Crippen molar-refractivity contribution in [1.82, 2.24) is 0 Å². The van der Waals surface area contributed by atoms with E-state index < -0.39 is 25.5 Å². The van der Waals surface area contributed by atoms with Gasteiger partial charge in [-0.25, -0.2) is 0 Å². The van der Waals surface area contributed by atoms with Gasteiger partial charge in [0, 0.05) is 25.7 Å². The number of carbonyl (C=O) groups is 2. The van der Waals surface area contributed by atoms with Crippen LogP contribution >= 0.6 is 0 Å². The van der Waals surface area contributed by atoms with E-state index in [4.69, 9.17) is 17.2 Å². The smallest absolute Gasteiger partial charge is 0.300 e. The number of carbonyl (C=O) groups excluding carboxylic acids is 2. The van der Waals surface area contributed by atoms with E-state index in [2.05, 4.69) is 13.8 Å². The van der Waals surface area contributed by atoms with E-state index in [-0.39, 0.29) is 18.0 Å². The van der Waals surface area contributed by atoms with Gasteiger partial charge in [0.2, 0.25) is 0 Å². The zero-order valence-corrected chi connectivity index (χ0v) is 18.2. The summed E-state index contributed by atoms with van der Waals surface area (Å²) in [5.41, 5.74) is 0. The average Bonchev–Trinajstić information content (AvgIpc) is 2.44. The first-order valence-electron chi connectivity index (χ1n) is 8.96. The van der Waals surface area contributed by atoms with E-state index >= 15 is 0 Å². The maximum absolute atomic E-state index is 11.7. The van der Waals surface area contributed by atoms with E-state index in [1.54, 1.807) is 0 Å². The fourth-order valence-corrected chi connectivity index (χ4v) is 2.68. The molecule has 0 amide bonds. The molecule has 0 radical (unpaired) electrons. The highest BCUT2D eigenvalue weighted by atomic mass is 32.2. The molecule has 0 spiro atoms. The molecular weight excluding hydrogens is 396 g/mol. The number of hydrogen-bond acceptors (Lipinski definition) is 7. The van der Waals surface area contributed by atoms with Crippen LogP contribution in [0.5, 0.6) is 0 Å². The zero-order valence-electron chi connectivity index (χ0n) is 16.6. The number of Topliss-reactive ketones (excluding diaryl/α,β-unsaturated/α-hetero) is 2. The molecule has 27 heavy (non-hydrogen) atoms. The second-order valence-electron chi connectivity index (χ2n) is 7.51. The summed E-state index contributed by atoms with van der Waals surface area (Å²) >= 11 is 0. The fraction of sp³-hybridized carbons (Fsp3) is 0.882. The molecule has 10 heteroatoms. The summed E-state index contributed by atoms with van der Waals surface area (Å²) in [4.78, 5) is 23.4. The van der Waals surface area contributed by atoms with Crippen molar-refractivity contribution < 1.29 is 35.2 Å². The quantitative estimate of drug-likeness (QED) is 0.442. The molecule has 0 saturated carbocycles. The Morgan fingerprint density at radius 3 is 1.63 bits per heavy atom. The Bertz CT molecular complexity index is 654. The van der Waals surface area contributed by atoms with Gasteiger partial charge in [-0.15, -0.1) is 12.6 Å². The van der Waals surface area contributed by atoms with Crippen LogP contribution < -0.4 is 0 Å². The van der Waals surface area contributed by atoms with Gasteiger partial charge >= 0.3 is 10.6 Å². The Morgan fingerprint density at radius 1 is 0.889 bits per heavy atom. The fourth-order valence-electron chi connectivity index (χ4n) is 2.28. The van der Waals surface area contributed by atoms with Gasteiger partial charge in [-0.05, 0) is 45.4 Å². The second kappa shape index (κ2) is 14.0. The number of ketones is 2. The highest BCUT2D eigenvalue weighted by Crippen LogP contribution is 2.22. The van der Waals surface area contributed by atoms with Gasteiger partial charge in [0.05, 0.1) is 4.75 Å². The Morgan fingerprint density at radius 2 is 1.26 bits per heavy atom. The molecule has 0 heterocycles. The summed E-state index contributed by atoms with van der Waals surface area (Å²) in [6.45, 7) is 7.16. The Labute approximate surface area is 163 Å². The van der Waals surface area contributed by atoms with Gasteiger partial charge in [-0.1, -0.05) is 20.3 Å². The molecule has 0 unspecified atom stereocenters. The lowest BCUT2D eigenvalue weighted by Crippen LogP contribution is -2.31. The average molecular weight is 429 g/mol. The molecule has 0 aliphatic rings. The molecule has 0 aromatic rings. The van der Waals surface area contributed by atoms with Crippen LogP contribution in [0.3, 0.4) is 0 Å². The van der Waals surface area contributed by atoms with Gasteiger partial charge in [0.15, 0.2) is 0 Å². The third kappa shape index (κ3) is 18.0. The van der Waals surface area contributed by atoms with Crippen LogP contribution in [0.4, 0.5) is 0 Å². The van der Waals surface area contributed by atoms with E-state index in [9.17, 15) is 18.0 Å².